The van der Waals surface area contributed by atoms with Gasteiger partial charge in [-0.05, 0) is 65.6 Å². The van der Waals surface area contributed by atoms with Gasteiger partial charge in [0.05, 0.1) is 5.56 Å². The molecule has 0 N–H and O–H groups in total. The smallest absolute Gasteiger partial charge is 0.255 e. The molecule has 6 heteroatoms. The fourth-order valence-corrected chi connectivity index (χ4v) is 3.61. The van der Waals surface area contributed by atoms with Gasteiger partial charge in [-0.3, -0.25) is 4.79 Å². The fraction of sp³-hybridized carbons (Fsp3) is 0.200. The highest BCUT2D eigenvalue weighted by atomic mass is 79.9. The van der Waals surface area contributed by atoms with Gasteiger partial charge in [-0.2, -0.15) is 11.3 Å². The molecule has 0 spiro atoms. The van der Waals surface area contributed by atoms with Crippen molar-refractivity contribution in [3.63, 3.8) is 0 Å². The molecule has 0 saturated heterocycles. The number of carbonyl (C=O) groups is 1. The summed E-state index contributed by atoms with van der Waals surface area (Å²) in [5.41, 5.74) is 1.77. The summed E-state index contributed by atoms with van der Waals surface area (Å²) in [6.07, 6.45) is 3.75. The van der Waals surface area contributed by atoms with Crippen LogP contribution in [0.4, 0.5) is 0 Å². The number of benzene rings is 1. The first-order valence-electron chi connectivity index (χ1n) is 8.40. The second-order valence-corrected chi connectivity index (χ2v) is 7.93. The summed E-state index contributed by atoms with van der Waals surface area (Å²) in [6, 6.07) is 13.5. The van der Waals surface area contributed by atoms with E-state index in [0.29, 0.717) is 29.8 Å². The van der Waals surface area contributed by atoms with Crippen LogP contribution in [0.3, 0.4) is 0 Å². The molecular formula is C20H17BrN2O2S. The number of hydrogen-bond acceptors (Lipinski definition) is 4. The van der Waals surface area contributed by atoms with Gasteiger partial charge in [-0.15, -0.1) is 0 Å². The summed E-state index contributed by atoms with van der Waals surface area (Å²) in [6.45, 7) is 0.657. The molecule has 1 fully saturated rings. The van der Waals surface area contributed by atoms with Crippen molar-refractivity contribution in [1.29, 1.82) is 0 Å². The zero-order valence-corrected chi connectivity index (χ0v) is 16.4. The third kappa shape index (κ3) is 4.14. The molecule has 1 aliphatic carbocycles. The van der Waals surface area contributed by atoms with Crippen LogP contribution in [-0.2, 0) is 6.54 Å². The summed E-state index contributed by atoms with van der Waals surface area (Å²) in [4.78, 5) is 19.2. The molecule has 0 bridgehead atoms. The molecule has 0 unspecified atom stereocenters. The van der Waals surface area contributed by atoms with E-state index in [9.17, 15) is 4.79 Å². The van der Waals surface area contributed by atoms with Crippen molar-refractivity contribution in [3.05, 3.63) is 75.0 Å². The summed E-state index contributed by atoms with van der Waals surface area (Å²) >= 11 is 5.05. The third-order valence-corrected chi connectivity index (χ3v) is 5.46. The van der Waals surface area contributed by atoms with Crippen LogP contribution >= 0.6 is 27.3 Å². The minimum Gasteiger partial charge on any atom is -0.439 e. The van der Waals surface area contributed by atoms with Crippen LogP contribution in [0, 0.1) is 0 Å². The predicted octanol–water partition coefficient (Wildman–Crippen LogP) is 5.50. The van der Waals surface area contributed by atoms with Gasteiger partial charge in [0.2, 0.25) is 5.88 Å². The number of thiophene rings is 1. The lowest BCUT2D eigenvalue weighted by molar-refractivity contribution is 0.0729. The Labute approximate surface area is 164 Å². The van der Waals surface area contributed by atoms with E-state index in [2.05, 4.69) is 32.4 Å². The molecule has 0 aliphatic heterocycles. The highest BCUT2D eigenvalue weighted by molar-refractivity contribution is 9.10. The molecule has 1 saturated carbocycles. The largest absolute Gasteiger partial charge is 0.439 e. The lowest BCUT2D eigenvalue weighted by Crippen LogP contribution is -2.32. The van der Waals surface area contributed by atoms with Gasteiger partial charge in [-0.1, -0.05) is 15.9 Å². The molecule has 2 heterocycles. The van der Waals surface area contributed by atoms with E-state index in [1.165, 1.54) is 5.56 Å². The van der Waals surface area contributed by atoms with Crippen LogP contribution < -0.4 is 4.74 Å². The maximum absolute atomic E-state index is 12.9. The molecule has 0 atom stereocenters. The van der Waals surface area contributed by atoms with E-state index < -0.39 is 0 Å². The molecule has 0 radical (unpaired) electrons. The highest BCUT2D eigenvalue weighted by Crippen LogP contribution is 2.30. The summed E-state index contributed by atoms with van der Waals surface area (Å²) in [5.74, 6) is 1.21. The van der Waals surface area contributed by atoms with Crippen molar-refractivity contribution >= 4 is 33.2 Å². The summed E-state index contributed by atoms with van der Waals surface area (Å²) < 4.78 is 6.71. The van der Waals surface area contributed by atoms with Gasteiger partial charge in [0.15, 0.2) is 0 Å². The van der Waals surface area contributed by atoms with Crippen molar-refractivity contribution in [1.82, 2.24) is 9.88 Å². The van der Waals surface area contributed by atoms with Crippen LogP contribution in [0.25, 0.3) is 0 Å². The summed E-state index contributed by atoms with van der Waals surface area (Å²) in [5, 5.41) is 4.14. The Morgan fingerprint density at radius 2 is 2.00 bits per heavy atom. The molecular weight excluding hydrogens is 412 g/mol. The lowest BCUT2D eigenvalue weighted by Gasteiger charge is -2.22. The van der Waals surface area contributed by atoms with E-state index in [1.807, 2.05) is 34.5 Å². The highest BCUT2D eigenvalue weighted by Gasteiger charge is 2.33. The van der Waals surface area contributed by atoms with Crippen molar-refractivity contribution in [2.24, 2.45) is 0 Å². The number of carbonyl (C=O) groups excluding carboxylic acids is 1. The van der Waals surface area contributed by atoms with Gasteiger partial charge < -0.3 is 9.64 Å². The van der Waals surface area contributed by atoms with Crippen molar-refractivity contribution in [3.8, 4) is 11.6 Å². The zero-order chi connectivity index (χ0) is 17.9. The molecule has 1 aliphatic rings. The molecule has 4 rings (SSSR count). The second-order valence-electron chi connectivity index (χ2n) is 6.24. The third-order valence-electron chi connectivity index (χ3n) is 4.20. The van der Waals surface area contributed by atoms with Gasteiger partial charge in [0.25, 0.3) is 5.91 Å². The Balaban J connectivity index is 1.46. The van der Waals surface area contributed by atoms with Gasteiger partial charge in [0, 0.05) is 29.3 Å². The van der Waals surface area contributed by atoms with E-state index in [-0.39, 0.29) is 5.91 Å². The molecule has 1 aromatic carbocycles. The number of rotatable bonds is 6. The van der Waals surface area contributed by atoms with Gasteiger partial charge in [-0.25, -0.2) is 4.98 Å². The summed E-state index contributed by atoms with van der Waals surface area (Å²) in [7, 11) is 0. The fourth-order valence-electron chi connectivity index (χ4n) is 2.69. The van der Waals surface area contributed by atoms with Crippen LogP contribution in [0.15, 0.2) is 63.9 Å². The number of amides is 1. The molecule has 2 aromatic heterocycles. The first-order chi connectivity index (χ1) is 12.7. The quantitative estimate of drug-likeness (QED) is 0.520. The van der Waals surface area contributed by atoms with Gasteiger partial charge in [0.1, 0.15) is 5.75 Å². The van der Waals surface area contributed by atoms with Crippen molar-refractivity contribution in [2.45, 2.75) is 25.4 Å². The SMILES string of the molecule is O=C(c1ccc(Oc2ccc(Br)cc2)nc1)N(Cc1ccsc1)C1CC1. The first kappa shape index (κ1) is 17.2. The Bertz CT molecular complexity index is 875. The Morgan fingerprint density at radius 3 is 2.62 bits per heavy atom. The minimum absolute atomic E-state index is 0.0291. The molecule has 4 nitrogen and oxygen atoms in total. The lowest BCUT2D eigenvalue weighted by atomic mass is 10.2. The van der Waals surface area contributed by atoms with Crippen LogP contribution in [0.5, 0.6) is 11.6 Å². The van der Waals surface area contributed by atoms with E-state index in [1.54, 1.807) is 29.7 Å². The molecule has 26 heavy (non-hydrogen) atoms. The Kier molecular flexibility index (Phi) is 5.04. The number of pyridine rings is 1. The van der Waals surface area contributed by atoms with E-state index >= 15 is 0 Å². The zero-order valence-electron chi connectivity index (χ0n) is 14.0. The van der Waals surface area contributed by atoms with E-state index in [0.717, 1.165) is 17.3 Å². The average Bonchev–Trinajstić information content (AvgIpc) is 3.37. The average molecular weight is 429 g/mol. The maximum Gasteiger partial charge on any atom is 0.255 e. The van der Waals surface area contributed by atoms with Gasteiger partial charge >= 0.3 is 0 Å². The second kappa shape index (κ2) is 7.60. The predicted molar refractivity (Wildman–Crippen MR) is 106 cm³/mol. The molecule has 132 valence electrons. The number of ether oxygens (including phenoxy) is 1. The van der Waals surface area contributed by atoms with Crippen molar-refractivity contribution in [2.75, 3.05) is 0 Å². The molecule has 3 aromatic rings. The monoisotopic (exact) mass is 428 g/mol. The normalized spacial score (nSPS) is 13.4. The van der Waals surface area contributed by atoms with E-state index in [4.69, 9.17) is 4.74 Å². The number of halogens is 1. The van der Waals surface area contributed by atoms with Crippen LogP contribution in [0.1, 0.15) is 28.8 Å². The Morgan fingerprint density at radius 1 is 1.19 bits per heavy atom. The standard InChI is InChI=1S/C20H17BrN2O2S/c21-16-2-6-18(7-3-16)25-19-8-1-15(11-22-19)20(24)23(17-4-5-17)12-14-9-10-26-13-14/h1-3,6-11,13,17H,4-5,12H2. The Hall–Kier alpha value is -2.18. The molecule has 1 amide bonds. The van der Waals surface area contributed by atoms with Crippen LogP contribution in [-0.4, -0.2) is 21.8 Å². The van der Waals surface area contributed by atoms with Crippen molar-refractivity contribution < 1.29 is 9.53 Å². The topological polar surface area (TPSA) is 42.4 Å². The number of hydrogen-bond donors (Lipinski definition) is 0. The number of nitrogens with zero attached hydrogens (tertiary/aromatic N) is 2. The minimum atomic E-state index is 0.0291. The number of aromatic nitrogens is 1. The first-order valence-corrected chi connectivity index (χ1v) is 10.1. The maximum atomic E-state index is 12.9. The van der Waals surface area contributed by atoms with Crippen LogP contribution in [0.2, 0.25) is 0 Å².